The summed E-state index contributed by atoms with van der Waals surface area (Å²) in [6, 6.07) is 6.24. The number of ether oxygens (including phenoxy) is 2. The van der Waals surface area contributed by atoms with Gasteiger partial charge in [-0.25, -0.2) is 4.98 Å². The molecule has 7 nitrogen and oxygen atoms in total. The molecule has 28 heavy (non-hydrogen) atoms. The Bertz CT molecular complexity index is 781. The van der Waals surface area contributed by atoms with Crippen LogP contribution in [0.5, 0.6) is 5.75 Å². The van der Waals surface area contributed by atoms with E-state index in [1.165, 1.54) is 5.56 Å². The molecule has 1 aromatic carbocycles. The van der Waals surface area contributed by atoms with Crippen molar-refractivity contribution in [1.82, 2.24) is 15.6 Å². The second kappa shape index (κ2) is 10.7. The summed E-state index contributed by atoms with van der Waals surface area (Å²) in [5.41, 5.74) is 3.16. The van der Waals surface area contributed by atoms with Gasteiger partial charge < -0.3 is 24.5 Å². The Hall–Kier alpha value is -1.81. The SMILES string of the molecule is CN=C(NCc1nc(C)c(C)o1)NCc1ccc(C)cc1OC1CCOC1.I. The fourth-order valence-corrected chi connectivity index (χ4v) is 2.88. The largest absolute Gasteiger partial charge is 0.488 e. The number of hydrogen-bond donors (Lipinski definition) is 2. The van der Waals surface area contributed by atoms with Crippen LogP contribution >= 0.6 is 24.0 Å². The van der Waals surface area contributed by atoms with Crippen LogP contribution in [0.1, 0.15) is 34.9 Å². The molecule has 0 spiro atoms. The fraction of sp³-hybridized carbons (Fsp3) is 0.500. The number of aromatic nitrogens is 1. The minimum atomic E-state index is 0. The molecule has 3 rings (SSSR count). The molecule has 0 amide bonds. The van der Waals surface area contributed by atoms with Gasteiger partial charge in [-0.3, -0.25) is 4.99 Å². The predicted molar refractivity (Wildman–Crippen MR) is 119 cm³/mol. The van der Waals surface area contributed by atoms with Gasteiger partial charge in [-0.05, 0) is 32.4 Å². The Kier molecular flexibility index (Phi) is 8.56. The van der Waals surface area contributed by atoms with Gasteiger partial charge in [0.15, 0.2) is 5.96 Å². The average Bonchev–Trinajstić information content (AvgIpc) is 3.26. The maximum Gasteiger partial charge on any atom is 0.214 e. The van der Waals surface area contributed by atoms with E-state index in [1.807, 2.05) is 13.8 Å². The van der Waals surface area contributed by atoms with Gasteiger partial charge in [-0.1, -0.05) is 12.1 Å². The smallest absolute Gasteiger partial charge is 0.214 e. The predicted octanol–water partition coefficient (Wildman–Crippen LogP) is 3.25. The van der Waals surface area contributed by atoms with Crippen LogP contribution in [-0.2, 0) is 17.8 Å². The van der Waals surface area contributed by atoms with E-state index < -0.39 is 0 Å². The van der Waals surface area contributed by atoms with Crippen LogP contribution in [-0.4, -0.2) is 37.3 Å². The summed E-state index contributed by atoms with van der Waals surface area (Å²) in [6.07, 6.45) is 1.05. The molecule has 1 atom stereocenters. The molecule has 1 aromatic heterocycles. The Labute approximate surface area is 183 Å². The number of guanidine groups is 1. The summed E-state index contributed by atoms with van der Waals surface area (Å²) in [4.78, 5) is 8.63. The van der Waals surface area contributed by atoms with Gasteiger partial charge >= 0.3 is 0 Å². The summed E-state index contributed by atoms with van der Waals surface area (Å²) in [5.74, 6) is 3.06. The van der Waals surface area contributed by atoms with Gasteiger partial charge in [-0.2, -0.15) is 0 Å². The lowest BCUT2D eigenvalue weighted by molar-refractivity contribution is 0.140. The monoisotopic (exact) mass is 500 g/mol. The van der Waals surface area contributed by atoms with Crippen LogP contribution < -0.4 is 15.4 Å². The molecule has 2 heterocycles. The minimum absolute atomic E-state index is 0. The highest BCUT2D eigenvalue weighted by Gasteiger charge is 2.18. The Morgan fingerprint density at radius 3 is 2.68 bits per heavy atom. The lowest BCUT2D eigenvalue weighted by Crippen LogP contribution is -2.36. The third-order valence-corrected chi connectivity index (χ3v) is 4.55. The molecule has 1 saturated heterocycles. The van der Waals surface area contributed by atoms with Gasteiger partial charge in [0.05, 0.1) is 25.5 Å². The van der Waals surface area contributed by atoms with Crippen molar-refractivity contribution in [2.75, 3.05) is 20.3 Å². The number of oxazole rings is 1. The first-order valence-electron chi connectivity index (χ1n) is 9.26. The van der Waals surface area contributed by atoms with Crippen molar-refractivity contribution in [2.45, 2.75) is 46.4 Å². The number of aryl methyl sites for hydroxylation is 3. The lowest BCUT2D eigenvalue weighted by Gasteiger charge is -2.17. The van der Waals surface area contributed by atoms with E-state index in [-0.39, 0.29) is 30.1 Å². The van der Waals surface area contributed by atoms with Crippen LogP contribution in [0.2, 0.25) is 0 Å². The zero-order chi connectivity index (χ0) is 19.2. The fourth-order valence-electron chi connectivity index (χ4n) is 2.88. The number of nitrogens with zero attached hydrogens (tertiary/aromatic N) is 2. The normalized spacial score (nSPS) is 16.6. The van der Waals surface area contributed by atoms with E-state index in [4.69, 9.17) is 13.9 Å². The highest BCUT2D eigenvalue weighted by molar-refractivity contribution is 14.0. The molecule has 1 fully saturated rings. The van der Waals surface area contributed by atoms with E-state index in [0.29, 0.717) is 31.5 Å². The summed E-state index contributed by atoms with van der Waals surface area (Å²) < 4.78 is 17.2. The maximum atomic E-state index is 6.15. The van der Waals surface area contributed by atoms with Crippen molar-refractivity contribution in [2.24, 2.45) is 4.99 Å². The van der Waals surface area contributed by atoms with Gasteiger partial charge in [0.2, 0.25) is 5.89 Å². The molecule has 0 bridgehead atoms. The molecule has 1 aliphatic heterocycles. The van der Waals surface area contributed by atoms with Gasteiger partial charge in [0.1, 0.15) is 17.6 Å². The first kappa shape index (κ1) is 22.5. The quantitative estimate of drug-likeness (QED) is 0.360. The number of halogens is 1. The highest BCUT2D eigenvalue weighted by Crippen LogP contribution is 2.23. The van der Waals surface area contributed by atoms with Gasteiger partial charge in [-0.15, -0.1) is 24.0 Å². The van der Waals surface area contributed by atoms with Crippen LogP contribution in [0.15, 0.2) is 27.6 Å². The summed E-state index contributed by atoms with van der Waals surface area (Å²) in [6.45, 7) is 8.41. The zero-order valence-corrected chi connectivity index (χ0v) is 19.2. The van der Waals surface area contributed by atoms with Crippen LogP contribution in [0.3, 0.4) is 0 Å². The zero-order valence-electron chi connectivity index (χ0n) is 16.9. The molecule has 2 aromatic rings. The Morgan fingerprint density at radius 2 is 2.04 bits per heavy atom. The van der Waals surface area contributed by atoms with Crippen LogP contribution in [0.25, 0.3) is 0 Å². The highest BCUT2D eigenvalue weighted by atomic mass is 127. The summed E-state index contributed by atoms with van der Waals surface area (Å²) >= 11 is 0. The van der Waals surface area contributed by atoms with Crippen molar-refractivity contribution in [3.8, 4) is 5.75 Å². The second-order valence-electron chi connectivity index (χ2n) is 6.74. The molecule has 0 saturated carbocycles. The summed E-state index contributed by atoms with van der Waals surface area (Å²) in [5, 5.41) is 6.54. The van der Waals surface area contributed by atoms with Crippen molar-refractivity contribution < 1.29 is 13.9 Å². The van der Waals surface area contributed by atoms with E-state index >= 15 is 0 Å². The maximum absolute atomic E-state index is 6.15. The number of nitrogens with one attached hydrogen (secondary N) is 2. The molecule has 2 N–H and O–H groups in total. The molecule has 0 radical (unpaired) electrons. The number of aliphatic imine (C=N–C) groups is 1. The standard InChI is InChI=1S/C20H28N4O3.HI/c1-13-5-6-16(18(9-13)27-17-7-8-25-12-17)10-22-20(21-4)23-11-19-24-14(2)15(3)26-19;/h5-6,9,17H,7-8,10-12H2,1-4H3,(H2,21,22,23);1H. The number of rotatable bonds is 6. The van der Waals surface area contributed by atoms with Crippen molar-refractivity contribution >= 4 is 29.9 Å². The summed E-state index contributed by atoms with van der Waals surface area (Å²) in [7, 11) is 1.74. The van der Waals surface area contributed by atoms with Gasteiger partial charge in [0, 0.05) is 25.6 Å². The lowest BCUT2D eigenvalue weighted by atomic mass is 10.1. The molecule has 1 unspecified atom stereocenters. The Morgan fingerprint density at radius 1 is 1.25 bits per heavy atom. The van der Waals surface area contributed by atoms with E-state index in [2.05, 4.69) is 45.7 Å². The molecule has 8 heteroatoms. The first-order chi connectivity index (χ1) is 13.0. The van der Waals surface area contributed by atoms with Crippen molar-refractivity contribution in [3.05, 3.63) is 46.7 Å². The van der Waals surface area contributed by atoms with Crippen molar-refractivity contribution in [3.63, 3.8) is 0 Å². The number of benzene rings is 1. The number of hydrogen-bond acceptors (Lipinski definition) is 5. The van der Waals surface area contributed by atoms with Crippen molar-refractivity contribution in [1.29, 1.82) is 0 Å². The van der Waals surface area contributed by atoms with E-state index in [0.717, 1.165) is 35.8 Å². The second-order valence-corrected chi connectivity index (χ2v) is 6.74. The van der Waals surface area contributed by atoms with Gasteiger partial charge in [0.25, 0.3) is 0 Å². The van der Waals surface area contributed by atoms with Crippen LogP contribution in [0.4, 0.5) is 0 Å². The minimum Gasteiger partial charge on any atom is -0.488 e. The van der Waals surface area contributed by atoms with E-state index in [9.17, 15) is 0 Å². The molecule has 0 aliphatic carbocycles. The van der Waals surface area contributed by atoms with Crippen LogP contribution in [0, 0.1) is 20.8 Å². The molecular weight excluding hydrogens is 471 g/mol. The van der Waals surface area contributed by atoms with E-state index in [1.54, 1.807) is 7.05 Å². The third kappa shape index (κ3) is 6.10. The topological polar surface area (TPSA) is 80.9 Å². The molecule has 154 valence electrons. The molecule has 1 aliphatic rings. The Balaban J connectivity index is 0.00000280. The molecular formula is C20H29IN4O3. The average molecular weight is 500 g/mol. The first-order valence-corrected chi connectivity index (χ1v) is 9.26. The third-order valence-electron chi connectivity index (χ3n) is 4.55.